The Labute approximate surface area is 72.2 Å². The van der Waals surface area contributed by atoms with Crippen molar-refractivity contribution in [3.05, 3.63) is 17.7 Å². The summed E-state index contributed by atoms with van der Waals surface area (Å²) >= 11 is 0. The molecular formula is C7H7F3N2O. The van der Waals surface area contributed by atoms with Gasteiger partial charge in [-0.05, 0) is 0 Å². The quantitative estimate of drug-likeness (QED) is 0.634. The van der Waals surface area contributed by atoms with Gasteiger partial charge in [0.1, 0.15) is 5.69 Å². The molecule has 0 spiro atoms. The molecule has 0 saturated carbocycles. The molecule has 1 aromatic rings. The molecule has 0 aromatic carbocycles. The second-order valence-corrected chi connectivity index (χ2v) is 2.58. The van der Waals surface area contributed by atoms with E-state index in [1.165, 1.54) is 6.92 Å². The van der Waals surface area contributed by atoms with E-state index < -0.39 is 17.8 Å². The minimum Gasteiger partial charge on any atom is -0.321 e. The Kier molecular flexibility index (Phi) is 2.15. The van der Waals surface area contributed by atoms with Gasteiger partial charge in [-0.2, -0.15) is 13.2 Å². The first kappa shape index (κ1) is 9.76. The smallest absolute Gasteiger partial charge is 0.321 e. The van der Waals surface area contributed by atoms with Crippen LogP contribution in [0.5, 0.6) is 0 Å². The Morgan fingerprint density at radius 2 is 2.08 bits per heavy atom. The van der Waals surface area contributed by atoms with Crippen LogP contribution in [-0.2, 0) is 13.2 Å². The number of nitrogens with zero attached hydrogens (tertiary/aromatic N) is 2. The predicted molar refractivity (Wildman–Crippen MR) is 38.2 cm³/mol. The minimum atomic E-state index is -4.51. The lowest BCUT2D eigenvalue weighted by Gasteiger charge is -2.06. The van der Waals surface area contributed by atoms with Crippen molar-refractivity contribution < 1.29 is 18.0 Å². The lowest BCUT2D eigenvalue weighted by Crippen LogP contribution is -2.14. The van der Waals surface area contributed by atoms with Gasteiger partial charge < -0.3 is 4.57 Å². The molecule has 0 aliphatic rings. The number of hydrogen-bond donors (Lipinski definition) is 0. The molecule has 0 N–H and O–H groups in total. The highest BCUT2D eigenvalue weighted by molar-refractivity contribution is 5.92. The molecule has 0 saturated heterocycles. The maximum atomic E-state index is 12.1. The third-order valence-corrected chi connectivity index (χ3v) is 1.60. The van der Waals surface area contributed by atoms with Gasteiger partial charge in [-0.25, -0.2) is 4.98 Å². The van der Waals surface area contributed by atoms with Gasteiger partial charge in [-0.1, -0.05) is 0 Å². The molecule has 0 atom stereocenters. The lowest BCUT2D eigenvalue weighted by molar-refractivity contribution is -0.146. The summed E-state index contributed by atoms with van der Waals surface area (Å²) in [5, 5.41) is 0. The summed E-state index contributed by atoms with van der Waals surface area (Å²) < 4.78 is 37.1. The monoisotopic (exact) mass is 192 g/mol. The van der Waals surface area contributed by atoms with Crippen LogP contribution in [0.1, 0.15) is 23.2 Å². The first-order chi connectivity index (χ1) is 5.84. The Hall–Kier alpha value is -1.33. The van der Waals surface area contributed by atoms with Crippen LogP contribution in [0, 0.1) is 0 Å². The van der Waals surface area contributed by atoms with E-state index in [9.17, 15) is 18.0 Å². The molecule has 6 heteroatoms. The van der Waals surface area contributed by atoms with Crippen molar-refractivity contribution in [1.29, 1.82) is 0 Å². The molecule has 13 heavy (non-hydrogen) atoms. The van der Waals surface area contributed by atoms with Gasteiger partial charge in [0.25, 0.3) is 0 Å². The Morgan fingerprint density at radius 1 is 1.54 bits per heavy atom. The van der Waals surface area contributed by atoms with Crippen LogP contribution in [0.3, 0.4) is 0 Å². The number of halogens is 3. The minimum absolute atomic E-state index is 0.0488. The van der Waals surface area contributed by atoms with E-state index >= 15 is 0 Å². The molecule has 72 valence electrons. The number of rotatable bonds is 1. The van der Waals surface area contributed by atoms with E-state index in [-0.39, 0.29) is 5.69 Å². The van der Waals surface area contributed by atoms with Crippen LogP contribution < -0.4 is 0 Å². The summed E-state index contributed by atoms with van der Waals surface area (Å²) in [5.74, 6) is -1.50. The maximum Gasteiger partial charge on any atom is 0.449 e. The zero-order chi connectivity index (χ0) is 10.2. The number of imidazole rings is 1. The van der Waals surface area contributed by atoms with Gasteiger partial charge in [0.2, 0.25) is 5.82 Å². The van der Waals surface area contributed by atoms with Crippen LogP contribution in [-0.4, -0.2) is 15.3 Å². The fraction of sp³-hybridized carbons (Fsp3) is 0.429. The van der Waals surface area contributed by atoms with Crippen LogP contribution in [0.4, 0.5) is 13.2 Å². The molecule has 0 bridgehead atoms. The number of aromatic nitrogens is 2. The van der Waals surface area contributed by atoms with Crippen molar-refractivity contribution in [2.24, 2.45) is 7.05 Å². The average Bonchev–Trinajstić information content (AvgIpc) is 2.28. The van der Waals surface area contributed by atoms with Gasteiger partial charge in [0, 0.05) is 14.0 Å². The Bertz CT molecular complexity index is 340. The topological polar surface area (TPSA) is 34.9 Å². The molecule has 0 aliphatic carbocycles. The molecule has 0 amide bonds. The highest BCUT2D eigenvalue weighted by Crippen LogP contribution is 2.28. The molecule has 3 nitrogen and oxygen atoms in total. The molecule has 0 radical (unpaired) electrons. The molecule has 0 fully saturated rings. The molecule has 1 aromatic heterocycles. The third kappa shape index (κ3) is 1.71. The van der Waals surface area contributed by atoms with E-state index in [4.69, 9.17) is 0 Å². The van der Waals surface area contributed by atoms with Crippen LogP contribution in [0.25, 0.3) is 0 Å². The summed E-state index contributed by atoms with van der Waals surface area (Å²) in [6, 6.07) is 0. The Morgan fingerprint density at radius 3 is 2.31 bits per heavy atom. The van der Waals surface area contributed by atoms with Gasteiger partial charge in [-0.15, -0.1) is 0 Å². The number of alkyl halides is 3. The van der Waals surface area contributed by atoms with Crippen molar-refractivity contribution in [1.82, 2.24) is 9.55 Å². The summed E-state index contributed by atoms with van der Waals surface area (Å²) in [6.45, 7) is 1.19. The van der Waals surface area contributed by atoms with E-state index in [2.05, 4.69) is 4.98 Å². The summed E-state index contributed by atoms with van der Waals surface area (Å²) in [4.78, 5) is 13.9. The standard InChI is InChI=1S/C7H7F3N2O/c1-4(13)5-3-11-6(12(5)2)7(8,9)10/h3H,1-2H3. The molecule has 1 rings (SSSR count). The highest BCUT2D eigenvalue weighted by atomic mass is 19.4. The number of hydrogen-bond acceptors (Lipinski definition) is 2. The fourth-order valence-corrected chi connectivity index (χ4v) is 1.00. The molecule has 0 unspecified atom stereocenters. The van der Waals surface area contributed by atoms with Crippen molar-refractivity contribution in [3.63, 3.8) is 0 Å². The molecular weight excluding hydrogens is 185 g/mol. The van der Waals surface area contributed by atoms with Gasteiger partial charge in [0.05, 0.1) is 6.20 Å². The fourth-order valence-electron chi connectivity index (χ4n) is 1.00. The first-order valence-corrected chi connectivity index (χ1v) is 3.44. The predicted octanol–water partition coefficient (Wildman–Crippen LogP) is 1.64. The normalized spacial score (nSPS) is 11.8. The lowest BCUT2D eigenvalue weighted by atomic mass is 10.3. The number of carbonyl (C=O) groups is 1. The van der Waals surface area contributed by atoms with Crippen molar-refractivity contribution in [2.75, 3.05) is 0 Å². The van der Waals surface area contributed by atoms with Crippen molar-refractivity contribution in [2.45, 2.75) is 13.1 Å². The summed E-state index contributed by atoms with van der Waals surface area (Å²) in [5.41, 5.74) is -0.0488. The maximum absolute atomic E-state index is 12.1. The Balaban J connectivity index is 3.22. The third-order valence-electron chi connectivity index (χ3n) is 1.60. The second-order valence-electron chi connectivity index (χ2n) is 2.58. The van der Waals surface area contributed by atoms with Crippen LogP contribution in [0.2, 0.25) is 0 Å². The molecule has 0 aliphatic heterocycles. The number of Topliss-reactive ketones (excluding diaryl/α,β-unsaturated/α-hetero) is 1. The summed E-state index contributed by atoms with van der Waals surface area (Å²) in [7, 11) is 1.16. The van der Waals surface area contributed by atoms with Crippen molar-refractivity contribution in [3.8, 4) is 0 Å². The molecule has 1 heterocycles. The van der Waals surface area contributed by atoms with Crippen LogP contribution >= 0.6 is 0 Å². The van der Waals surface area contributed by atoms with E-state index in [0.717, 1.165) is 17.8 Å². The zero-order valence-corrected chi connectivity index (χ0v) is 7.01. The zero-order valence-electron chi connectivity index (χ0n) is 7.01. The highest BCUT2D eigenvalue weighted by Gasteiger charge is 2.36. The van der Waals surface area contributed by atoms with E-state index in [0.29, 0.717) is 0 Å². The second kappa shape index (κ2) is 2.86. The van der Waals surface area contributed by atoms with Gasteiger partial charge >= 0.3 is 6.18 Å². The number of carbonyl (C=O) groups excluding carboxylic acids is 1. The van der Waals surface area contributed by atoms with E-state index in [1.54, 1.807) is 0 Å². The van der Waals surface area contributed by atoms with Gasteiger partial charge in [0.15, 0.2) is 5.78 Å². The van der Waals surface area contributed by atoms with E-state index in [1.807, 2.05) is 0 Å². The average molecular weight is 192 g/mol. The van der Waals surface area contributed by atoms with Gasteiger partial charge in [-0.3, -0.25) is 4.79 Å². The van der Waals surface area contributed by atoms with Crippen LogP contribution in [0.15, 0.2) is 6.20 Å². The largest absolute Gasteiger partial charge is 0.449 e. The first-order valence-electron chi connectivity index (χ1n) is 3.44. The SMILES string of the molecule is CC(=O)c1cnc(C(F)(F)F)n1C. The van der Waals surface area contributed by atoms with Crippen molar-refractivity contribution >= 4 is 5.78 Å². The number of ketones is 1. The summed E-state index contributed by atoms with van der Waals surface area (Å²) in [6.07, 6.45) is -3.59.